The van der Waals surface area contributed by atoms with Crippen molar-refractivity contribution >= 4 is 28.6 Å². The first-order chi connectivity index (χ1) is 24.9. The number of rotatable bonds is 13. The molecule has 3 fully saturated rings. The van der Waals surface area contributed by atoms with Crippen LogP contribution in [-0.4, -0.2) is 107 Å². The number of halogens is 3. The van der Waals surface area contributed by atoms with Crippen molar-refractivity contribution in [2.24, 2.45) is 5.41 Å². The molecule has 4 aromatic heterocycles. The van der Waals surface area contributed by atoms with E-state index in [0.717, 1.165) is 69.3 Å². The summed E-state index contributed by atoms with van der Waals surface area (Å²) in [4.78, 5) is 44.9. The van der Waals surface area contributed by atoms with Crippen LogP contribution in [0.15, 0.2) is 30.6 Å². The largest absolute Gasteiger partial charge is 0.466 e. The highest BCUT2D eigenvalue weighted by Gasteiger charge is 2.39. The van der Waals surface area contributed by atoms with Gasteiger partial charge in [0.05, 0.1) is 43.4 Å². The number of ether oxygens (including phenoxy) is 2. The molecular formula is C37H46F3N9O3. The number of nitrogens with zero attached hydrogens (tertiary/aromatic N) is 8. The molecule has 0 unspecified atom stereocenters. The van der Waals surface area contributed by atoms with Gasteiger partial charge in [0.2, 0.25) is 0 Å². The number of imidazole rings is 1. The standard InChI is InChI=1S/C37H46F3N9O3/c1-5-52-32(50)9-12-48-13-14-49(20-23(48)2)31-19-41-28(18-42-31)34-45-33-29(47(3)21-36(22-51-4)10-6-11-36)17-27(44-35(33)46-34)25-15-26(24-7-8-24)43-30(16-25)37(38,39)40/h15-19,23-24H,5-14,20-22H2,1-4H3,(H,44,45,46)/t23-/m1/s1. The second-order valence-electron chi connectivity index (χ2n) is 14.5. The highest BCUT2D eigenvalue weighted by Crippen LogP contribution is 2.44. The van der Waals surface area contributed by atoms with Crippen molar-refractivity contribution < 1.29 is 27.4 Å². The molecule has 15 heteroatoms. The molecule has 1 atom stereocenters. The Hall–Kier alpha value is -4.37. The second kappa shape index (κ2) is 14.6. The maximum atomic E-state index is 14.0. The number of nitrogens with one attached hydrogen (secondary N) is 1. The van der Waals surface area contributed by atoms with Crippen molar-refractivity contribution in [2.45, 2.75) is 70.5 Å². The van der Waals surface area contributed by atoms with E-state index in [1.54, 1.807) is 25.6 Å². The molecule has 5 heterocycles. The van der Waals surface area contributed by atoms with Crippen molar-refractivity contribution in [2.75, 3.05) is 69.9 Å². The Kier molecular flexibility index (Phi) is 10.1. The second-order valence-corrected chi connectivity index (χ2v) is 14.5. The van der Waals surface area contributed by atoms with Crippen LogP contribution in [0.1, 0.15) is 69.7 Å². The Labute approximate surface area is 301 Å². The molecular weight excluding hydrogens is 675 g/mol. The van der Waals surface area contributed by atoms with Crippen LogP contribution in [0, 0.1) is 5.41 Å². The van der Waals surface area contributed by atoms with Gasteiger partial charge in [-0.25, -0.2) is 24.9 Å². The Morgan fingerprint density at radius 1 is 1.08 bits per heavy atom. The topological polar surface area (TPSA) is 125 Å². The first-order valence-electron chi connectivity index (χ1n) is 18.1. The number of pyridine rings is 2. The lowest BCUT2D eigenvalue weighted by Crippen LogP contribution is -2.52. The Balaban J connectivity index is 1.18. The first-order valence-corrected chi connectivity index (χ1v) is 18.1. The van der Waals surface area contributed by atoms with E-state index in [4.69, 9.17) is 29.4 Å². The molecule has 3 aliphatic rings. The van der Waals surface area contributed by atoms with Crippen LogP contribution < -0.4 is 9.80 Å². The van der Waals surface area contributed by atoms with Crippen LogP contribution in [-0.2, 0) is 20.4 Å². The Bertz CT molecular complexity index is 1890. The average Bonchev–Trinajstić information content (AvgIpc) is 3.87. The zero-order valence-electron chi connectivity index (χ0n) is 30.2. The maximum Gasteiger partial charge on any atom is 0.433 e. The number of piperazine rings is 1. The predicted octanol–water partition coefficient (Wildman–Crippen LogP) is 6.09. The molecule has 0 aromatic carbocycles. The Morgan fingerprint density at radius 2 is 1.88 bits per heavy atom. The fourth-order valence-electron chi connectivity index (χ4n) is 7.50. The summed E-state index contributed by atoms with van der Waals surface area (Å²) in [5, 5.41) is 0. The van der Waals surface area contributed by atoms with Gasteiger partial charge >= 0.3 is 12.1 Å². The zero-order valence-corrected chi connectivity index (χ0v) is 30.2. The summed E-state index contributed by atoms with van der Waals surface area (Å²) < 4.78 is 52.7. The van der Waals surface area contributed by atoms with Gasteiger partial charge in [-0.2, -0.15) is 13.2 Å². The quantitative estimate of drug-likeness (QED) is 0.161. The molecule has 4 aromatic rings. The number of aromatic amines is 1. The molecule has 0 amide bonds. The first kappa shape index (κ1) is 36.0. The lowest BCUT2D eigenvalue weighted by atomic mass is 9.69. The number of carbonyl (C=O) groups excluding carboxylic acids is 1. The SMILES string of the molecule is CCOC(=O)CCN1CCN(c2cnc(-c3nc4nc(-c5cc(C6CC6)nc(C(F)(F)F)c5)cc(N(C)CC5(COC)CCC5)c4[nH]3)cn2)C[C@H]1C. The van der Waals surface area contributed by atoms with Crippen LogP contribution in [0.25, 0.3) is 33.9 Å². The van der Waals surface area contributed by atoms with Gasteiger partial charge in [-0.1, -0.05) is 6.42 Å². The van der Waals surface area contributed by atoms with Crippen LogP contribution in [0.4, 0.5) is 24.7 Å². The number of fused-ring (bicyclic) bond motifs is 1. The molecule has 0 radical (unpaired) electrons. The fourth-order valence-corrected chi connectivity index (χ4v) is 7.50. The molecule has 0 bridgehead atoms. The minimum absolute atomic E-state index is 0.00739. The van der Waals surface area contributed by atoms with E-state index in [0.29, 0.717) is 72.4 Å². The highest BCUT2D eigenvalue weighted by molar-refractivity contribution is 5.91. The van der Waals surface area contributed by atoms with Crippen molar-refractivity contribution in [3.05, 3.63) is 42.0 Å². The summed E-state index contributed by atoms with van der Waals surface area (Å²) in [6.07, 6.45) is 4.04. The van der Waals surface area contributed by atoms with Crippen molar-refractivity contribution in [1.82, 2.24) is 34.8 Å². The normalized spacial score (nSPS) is 19.1. The lowest BCUT2D eigenvalue weighted by molar-refractivity contribution is -0.143. The minimum atomic E-state index is -4.58. The van der Waals surface area contributed by atoms with E-state index in [-0.39, 0.29) is 23.3 Å². The molecule has 1 N–H and O–H groups in total. The molecule has 1 saturated heterocycles. The number of aromatic nitrogens is 6. The van der Waals surface area contributed by atoms with Crippen LogP contribution >= 0.6 is 0 Å². The number of alkyl halides is 3. The van der Waals surface area contributed by atoms with Crippen LogP contribution in [0.3, 0.4) is 0 Å². The van der Waals surface area contributed by atoms with E-state index in [1.165, 1.54) is 0 Å². The molecule has 0 spiro atoms. The number of esters is 1. The van der Waals surface area contributed by atoms with E-state index in [2.05, 4.69) is 31.6 Å². The van der Waals surface area contributed by atoms with Crippen molar-refractivity contribution in [3.8, 4) is 22.8 Å². The monoisotopic (exact) mass is 721 g/mol. The summed E-state index contributed by atoms with van der Waals surface area (Å²) in [6.45, 7) is 8.57. The van der Waals surface area contributed by atoms with Gasteiger partial charge in [0, 0.05) is 75.5 Å². The average molecular weight is 722 g/mol. The highest BCUT2D eigenvalue weighted by atomic mass is 19.4. The van der Waals surface area contributed by atoms with Crippen molar-refractivity contribution in [1.29, 1.82) is 0 Å². The fraction of sp³-hybridized carbons (Fsp3) is 0.568. The third-order valence-corrected chi connectivity index (χ3v) is 10.6. The molecule has 52 heavy (non-hydrogen) atoms. The van der Waals surface area contributed by atoms with Gasteiger partial charge in [-0.05, 0) is 57.7 Å². The third-order valence-electron chi connectivity index (χ3n) is 10.6. The van der Waals surface area contributed by atoms with E-state index < -0.39 is 11.9 Å². The van der Waals surface area contributed by atoms with E-state index in [9.17, 15) is 18.0 Å². The van der Waals surface area contributed by atoms with Gasteiger partial charge in [0.15, 0.2) is 11.5 Å². The van der Waals surface area contributed by atoms with Crippen molar-refractivity contribution in [3.63, 3.8) is 0 Å². The summed E-state index contributed by atoms with van der Waals surface area (Å²) in [5.74, 6) is 1.05. The summed E-state index contributed by atoms with van der Waals surface area (Å²) >= 11 is 0. The van der Waals surface area contributed by atoms with Gasteiger partial charge in [0.25, 0.3) is 0 Å². The molecule has 12 nitrogen and oxygen atoms in total. The van der Waals surface area contributed by atoms with E-state index in [1.807, 2.05) is 20.0 Å². The minimum Gasteiger partial charge on any atom is -0.466 e. The molecule has 1 aliphatic heterocycles. The number of methoxy groups -OCH3 is 1. The van der Waals surface area contributed by atoms with Crippen LogP contribution in [0.2, 0.25) is 0 Å². The number of hydrogen-bond acceptors (Lipinski definition) is 11. The van der Waals surface area contributed by atoms with Gasteiger partial charge in [-0.3, -0.25) is 9.69 Å². The summed E-state index contributed by atoms with van der Waals surface area (Å²) in [5.41, 5.74) is 2.62. The smallest absolute Gasteiger partial charge is 0.433 e. The van der Waals surface area contributed by atoms with Gasteiger partial charge < -0.3 is 24.3 Å². The zero-order chi connectivity index (χ0) is 36.6. The molecule has 2 aliphatic carbocycles. The molecule has 278 valence electrons. The van der Waals surface area contributed by atoms with Gasteiger partial charge in [-0.15, -0.1) is 0 Å². The third kappa shape index (κ3) is 7.70. The lowest BCUT2D eigenvalue weighted by Gasteiger charge is -2.44. The number of carbonyl (C=O) groups is 1. The number of hydrogen-bond donors (Lipinski definition) is 1. The predicted molar refractivity (Wildman–Crippen MR) is 191 cm³/mol. The Morgan fingerprint density at radius 3 is 2.52 bits per heavy atom. The van der Waals surface area contributed by atoms with Crippen LogP contribution in [0.5, 0.6) is 0 Å². The molecule has 7 rings (SSSR count). The number of H-pyrrole nitrogens is 1. The summed E-state index contributed by atoms with van der Waals surface area (Å²) in [6, 6.07) is 4.88. The number of anilines is 2. The van der Waals surface area contributed by atoms with Gasteiger partial charge in [0.1, 0.15) is 22.7 Å². The molecule has 2 saturated carbocycles. The van der Waals surface area contributed by atoms with E-state index >= 15 is 0 Å². The maximum absolute atomic E-state index is 14.0. The summed E-state index contributed by atoms with van der Waals surface area (Å²) in [7, 11) is 3.70.